The second-order valence-electron chi connectivity index (χ2n) is 12.2. The number of anilines is 3. The van der Waals surface area contributed by atoms with Crippen LogP contribution in [0.5, 0.6) is 11.5 Å². The van der Waals surface area contributed by atoms with Gasteiger partial charge in [-0.2, -0.15) is 5.10 Å². The Morgan fingerprint density at radius 2 is 1.74 bits per heavy atom. The Morgan fingerprint density at radius 3 is 2.46 bits per heavy atom. The summed E-state index contributed by atoms with van der Waals surface area (Å²) in [5.41, 5.74) is 3.57. The first-order chi connectivity index (χ1) is 24.3. The largest absolute Gasteiger partial charge is 0.491 e. The van der Waals surface area contributed by atoms with Gasteiger partial charge in [0, 0.05) is 53.3 Å². The Bertz CT molecular complexity index is 1880. The summed E-state index contributed by atoms with van der Waals surface area (Å²) >= 11 is 12.7. The summed E-state index contributed by atoms with van der Waals surface area (Å²) in [6.07, 6.45) is 2.20. The number of halogens is 2. The van der Waals surface area contributed by atoms with Crippen molar-refractivity contribution in [2.24, 2.45) is 0 Å². The van der Waals surface area contributed by atoms with E-state index in [1.807, 2.05) is 60.7 Å². The molecule has 13 heteroatoms. The molecule has 1 aromatic heterocycles. The molecule has 3 atom stereocenters. The van der Waals surface area contributed by atoms with Gasteiger partial charge in [-0.1, -0.05) is 47.5 Å². The van der Waals surface area contributed by atoms with Gasteiger partial charge in [-0.15, -0.1) is 0 Å². The quantitative estimate of drug-likeness (QED) is 0.160. The van der Waals surface area contributed by atoms with Gasteiger partial charge in [0.15, 0.2) is 0 Å². The molecule has 11 nitrogen and oxygen atoms in total. The summed E-state index contributed by atoms with van der Waals surface area (Å²) in [5.74, 6) is 0.0673. The van der Waals surface area contributed by atoms with Gasteiger partial charge in [0.2, 0.25) is 5.79 Å². The van der Waals surface area contributed by atoms with Gasteiger partial charge in [-0.25, -0.2) is 14.5 Å². The van der Waals surface area contributed by atoms with E-state index in [2.05, 4.69) is 44.3 Å². The molecular weight excluding hydrogens is 679 g/mol. The van der Waals surface area contributed by atoms with Crippen molar-refractivity contribution < 1.29 is 23.7 Å². The van der Waals surface area contributed by atoms with Crippen molar-refractivity contribution in [3.8, 4) is 11.5 Å². The van der Waals surface area contributed by atoms with E-state index >= 15 is 0 Å². The maximum Gasteiger partial charge on any atom is 0.417 e. The lowest BCUT2D eigenvalue weighted by Gasteiger charge is -2.42. The average Bonchev–Trinajstić information content (AvgIpc) is 3.79. The van der Waals surface area contributed by atoms with Crippen LogP contribution in [0.1, 0.15) is 12.5 Å². The molecule has 0 saturated carbocycles. The lowest BCUT2D eigenvalue weighted by Crippen LogP contribution is -2.52. The fraction of sp³-hybridized carbons (Fsp3) is 0.270. The zero-order valence-electron chi connectivity index (χ0n) is 27.3. The Morgan fingerprint density at radius 1 is 0.960 bits per heavy atom. The highest BCUT2D eigenvalue weighted by Crippen LogP contribution is 2.40. The highest BCUT2D eigenvalue weighted by Gasteiger charge is 2.45. The molecule has 2 fully saturated rings. The van der Waals surface area contributed by atoms with Crippen molar-refractivity contribution in [1.29, 1.82) is 0 Å². The molecule has 4 aromatic carbocycles. The van der Waals surface area contributed by atoms with Gasteiger partial charge >= 0.3 is 6.09 Å². The van der Waals surface area contributed by atoms with Gasteiger partial charge in [-0.05, 0) is 79.7 Å². The molecule has 7 rings (SSSR count). The zero-order valence-corrected chi connectivity index (χ0v) is 28.8. The molecule has 2 aliphatic rings. The van der Waals surface area contributed by atoms with Crippen LogP contribution in [0.3, 0.4) is 0 Å². The van der Waals surface area contributed by atoms with Crippen molar-refractivity contribution >= 4 is 46.4 Å². The molecule has 3 heterocycles. The van der Waals surface area contributed by atoms with E-state index in [-0.39, 0.29) is 18.7 Å². The van der Waals surface area contributed by atoms with E-state index in [9.17, 15) is 4.79 Å². The molecule has 258 valence electrons. The van der Waals surface area contributed by atoms with Crippen LogP contribution < -0.4 is 24.6 Å². The van der Waals surface area contributed by atoms with Gasteiger partial charge < -0.3 is 28.7 Å². The summed E-state index contributed by atoms with van der Waals surface area (Å²) in [6, 6.07) is 30.5. The molecule has 3 unspecified atom stereocenters. The third kappa shape index (κ3) is 7.81. The highest BCUT2D eigenvalue weighted by molar-refractivity contribution is 6.35. The number of hydrogen-bond donors (Lipinski definition) is 1. The maximum absolute atomic E-state index is 12.3. The minimum Gasteiger partial charge on any atom is -0.491 e. The molecule has 1 amide bonds. The van der Waals surface area contributed by atoms with E-state index in [0.29, 0.717) is 40.3 Å². The van der Waals surface area contributed by atoms with Crippen molar-refractivity contribution in [3.05, 3.63) is 125 Å². The van der Waals surface area contributed by atoms with Crippen LogP contribution in [0.15, 0.2) is 110 Å². The fourth-order valence-electron chi connectivity index (χ4n) is 6.28. The van der Waals surface area contributed by atoms with Gasteiger partial charge in [-0.3, -0.25) is 5.32 Å². The summed E-state index contributed by atoms with van der Waals surface area (Å²) in [6.45, 7) is 5.67. The minimum absolute atomic E-state index is 0.263. The smallest absolute Gasteiger partial charge is 0.417 e. The number of hydrogen-bond acceptors (Lipinski definition) is 9. The predicted molar refractivity (Wildman–Crippen MR) is 192 cm³/mol. The number of rotatable bonds is 10. The fourth-order valence-corrected chi connectivity index (χ4v) is 6.83. The van der Waals surface area contributed by atoms with Crippen molar-refractivity contribution in [2.45, 2.75) is 31.4 Å². The third-order valence-electron chi connectivity index (χ3n) is 8.70. The third-order valence-corrected chi connectivity index (χ3v) is 9.25. The number of carbonyl (C=O) groups excluding carboxylic acids is 1. The molecule has 0 bridgehead atoms. The van der Waals surface area contributed by atoms with Crippen LogP contribution >= 0.6 is 23.2 Å². The average molecular weight is 716 g/mol. The first kappa shape index (κ1) is 33.7. The van der Waals surface area contributed by atoms with E-state index < -0.39 is 11.9 Å². The number of nitrogens with one attached hydrogen (secondary N) is 1. The normalized spacial score (nSPS) is 20.5. The van der Waals surface area contributed by atoms with Crippen LogP contribution in [0.4, 0.5) is 21.9 Å². The molecule has 0 spiro atoms. The van der Waals surface area contributed by atoms with Gasteiger partial charge in [0.1, 0.15) is 43.4 Å². The number of aromatic nitrogens is 3. The number of benzene rings is 4. The van der Waals surface area contributed by atoms with E-state index in [0.717, 1.165) is 36.8 Å². The molecule has 1 N–H and O–H groups in total. The van der Waals surface area contributed by atoms with E-state index in [1.165, 1.54) is 6.33 Å². The number of piperazine rings is 1. The van der Waals surface area contributed by atoms with Gasteiger partial charge in [0.05, 0.1) is 11.6 Å². The standard InChI is InChI=1S/C37H36Cl2N6O5/c1-26-20-43(29-10-8-28(9-11-29)42-36(46)49-32-5-3-2-4-6-32)17-18-45(26)30-12-14-31(15-13-30)47-21-33-22-48-37(50-33,23-44-25-40-24-41-44)34-16-7-27(38)19-35(34)39/h2-16,19,24-26,33H,17-18,20-23H2,1H3,(H,42,46). The first-order valence-corrected chi connectivity index (χ1v) is 17.1. The molecule has 0 radical (unpaired) electrons. The maximum atomic E-state index is 12.3. The highest BCUT2D eigenvalue weighted by atomic mass is 35.5. The number of carbonyl (C=O) groups is 1. The number of nitrogens with zero attached hydrogens (tertiary/aromatic N) is 5. The number of ether oxygens (including phenoxy) is 4. The molecule has 5 aromatic rings. The summed E-state index contributed by atoms with van der Waals surface area (Å²) in [5, 5.41) is 7.98. The summed E-state index contributed by atoms with van der Waals surface area (Å²) in [4.78, 5) is 21.1. The monoisotopic (exact) mass is 714 g/mol. The summed E-state index contributed by atoms with van der Waals surface area (Å²) < 4.78 is 25.9. The molecule has 2 aliphatic heterocycles. The number of para-hydroxylation sites is 1. The van der Waals surface area contributed by atoms with Crippen molar-refractivity contribution in [1.82, 2.24) is 14.8 Å². The lowest BCUT2D eigenvalue weighted by molar-refractivity contribution is -0.190. The Kier molecular flexibility index (Phi) is 10.1. The second kappa shape index (κ2) is 15.0. The van der Waals surface area contributed by atoms with Crippen molar-refractivity contribution in [3.63, 3.8) is 0 Å². The summed E-state index contributed by atoms with van der Waals surface area (Å²) in [7, 11) is 0. The zero-order chi connectivity index (χ0) is 34.5. The predicted octanol–water partition coefficient (Wildman–Crippen LogP) is 7.26. The molecule has 50 heavy (non-hydrogen) atoms. The Labute approximate surface area is 300 Å². The van der Waals surface area contributed by atoms with Crippen LogP contribution in [0.2, 0.25) is 10.0 Å². The van der Waals surface area contributed by atoms with E-state index in [1.54, 1.807) is 35.3 Å². The van der Waals surface area contributed by atoms with Crippen molar-refractivity contribution in [2.75, 3.05) is 48.0 Å². The molecule has 0 aliphatic carbocycles. The Balaban J connectivity index is 0.912. The Hall–Kier alpha value is -4.81. The minimum atomic E-state index is -1.17. The molecular formula is C37H36Cl2N6O5. The topological polar surface area (TPSA) is 103 Å². The van der Waals surface area contributed by atoms with Crippen LogP contribution in [0, 0.1) is 0 Å². The van der Waals surface area contributed by atoms with Crippen LogP contribution in [-0.4, -0.2) is 65.9 Å². The molecule has 2 saturated heterocycles. The van der Waals surface area contributed by atoms with E-state index in [4.69, 9.17) is 42.1 Å². The van der Waals surface area contributed by atoms with Crippen LogP contribution in [0.25, 0.3) is 0 Å². The first-order valence-electron chi connectivity index (χ1n) is 16.3. The number of amides is 1. The second-order valence-corrected chi connectivity index (χ2v) is 13.0. The van der Waals surface area contributed by atoms with Crippen LogP contribution in [-0.2, 0) is 21.8 Å². The lowest BCUT2D eigenvalue weighted by atomic mass is 10.1. The SMILES string of the molecule is CC1CN(c2ccc(NC(=O)Oc3ccccc3)cc2)CCN1c1ccc(OCC2COC(Cn3cncn3)(c3ccc(Cl)cc3Cl)O2)cc1. The van der Waals surface area contributed by atoms with Gasteiger partial charge in [0.25, 0.3) is 0 Å².